The molecule has 0 fully saturated rings. The third-order valence-electron chi connectivity index (χ3n) is 3.91. The van der Waals surface area contributed by atoms with Crippen LogP contribution in [0.4, 0.5) is 0 Å². The van der Waals surface area contributed by atoms with Crippen LogP contribution in [0, 0.1) is 0 Å². The summed E-state index contributed by atoms with van der Waals surface area (Å²) in [5.41, 5.74) is 0. The molecule has 0 aliphatic carbocycles. The van der Waals surface area contributed by atoms with E-state index in [1.807, 2.05) is 13.1 Å². The molecule has 3 heteroatoms. The van der Waals surface area contributed by atoms with Crippen molar-refractivity contribution in [1.29, 1.82) is 0 Å². The number of hydrogen-bond donors (Lipinski definition) is 0. The Morgan fingerprint density at radius 2 is 1.15 bits per heavy atom. The van der Waals surface area contributed by atoms with Gasteiger partial charge in [-0.2, -0.15) is 0 Å². The van der Waals surface area contributed by atoms with Crippen molar-refractivity contribution < 1.29 is 4.80 Å². The third kappa shape index (κ3) is 14.5. The Balaban J connectivity index is 3.84. The minimum atomic E-state index is -2.09. The molecule has 0 aliphatic heterocycles. The summed E-state index contributed by atoms with van der Waals surface area (Å²) in [4.78, 5) is 14.4. The summed E-state index contributed by atoms with van der Waals surface area (Å²) < 4.78 is 0. The van der Waals surface area contributed by atoms with Gasteiger partial charge in [-0.05, 0) is 38.9 Å². The van der Waals surface area contributed by atoms with Gasteiger partial charge in [0.2, 0.25) is 0 Å². The summed E-state index contributed by atoms with van der Waals surface area (Å²) in [6.07, 6.45) is 11.9. The van der Waals surface area contributed by atoms with Crippen LogP contribution in [0.15, 0.2) is 0 Å². The second-order valence-corrected chi connectivity index (χ2v) is 10.8. The lowest BCUT2D eigenvalue weighted by Gasteiger charge is -2.31. The monoisotopic (exact) mass is 300 g/mol. The molecule has 0 saturated heterocycles. The highest BCUT2D eigenvalue weighted by molar-refractivity contribution is 6.68. The zero-order valence-corrected chi connectivity index (χ0v) is 15.5. The lowest BCUT2D eigenvalue weighted by Crippen LogP contribution is -2.43. The first-order valence-corrected chi connectivity index (χ1v) is 12.0. The van der Waals surface area contributed by atoms with Gasteiger partial charge < -0.3 is 9.70 Å². The van der Waals surface area contributed by atoms with Crippen molar-refractivity contribution in [1.82, 2.24) is 4.90 Å². The molecule has 0 unspecified atom stereocenters. The molecule has 0 heterocycles. The maximum absolute atomic E-state index is 11.8. The summed E-state index contributed by atoms with van der Waals surface area (Å²) in [7, 11) is -2.09. The summed E-state index contributed by atoms with van der Waals surface area (Å²) in [6, 6.07) is 0.938. The van der Waals surface area contributed by atoms with Crippen LogP contribution in [0.2, 0.25) is 19.1 Å². The van der Waals surface area contributed by atoms with Gasteiger partial charge in [-0.3, -0.25) is 0 Å². The molecule has 0 atom stereocenters. The summed E-state index contributed by atoms with van der Waals surface area (Å²) in [5.74, 6) is 0. The van der Waals surface area contributed by atoms with Crippen molar-refractivity contribution in [2.75, 3.05) is 19.6 Å². The molecule has 0 bridgehead atoms. The lowest BCUT2D eigenvalue weighted by atomic mass is 10.1. The topological polar surface area (TPSA) is 26.3 Å². The van der Waals surface area contributed by atoms with Gasteiger partial charge in [0.1, 0.15) is 0 Å². The number of nitrogens with zero attached hydrogens (tertiary/aromatic N) is 1. The van der Waals surface area contributed by atoms with Crippen LogP contribution >= 0.6 is 0 Å². The molecule has 122 valence electrons. The number of unbranched alkanes of at least 4 members (excludes halogenated alkanes) is 6. The molecule has 0 saturated carbocycles. The molecule has 0 N–H and O–H groups in total. The minimum Gasteiger partial charge on any atom is -0.859 e. The maximum Gasteiger partial charge on any atom is -0.00187 e. The van der Waals surface area contributed by atoms with E-state index in [1.165, 1.54) is 64.5 Å². The smallest absolute Gasteiger partial charge is 0.00187 e. The zero-order valence-electron chi connectivity index (χ0n) is 14.5. The molecule has 0 aliphatic rings. The van der Waals surface area contributed by atoms with E-state index in [2.05, 4.69) is 18.7 Å². The van der Waals surface area contributed by atoms with E-state index in [1.54, 1.807) is 0 Å². The fourth-order valence-corrected chi connectivity index (χ4v) is 3.60. The van der Waals surface area contributed by atoms with Crippen LogP contribution in [0.5, 0.6) is 0 Å². The molecule has 0 rings (SSSR count). The second-order valence-electron chi connectivity index (χ2n) is 6.83. The first kappa shape index (κ1) is 20.1. The second kappa shape index (κ2) is 12.8. The van der Waals surface area contributed by atoms with E-state index in [0.29, 0.717) is 0 Å². The molecule has 0 aromatic rings. The largest absolute Gasteiger partial charge is 0.859 e. The van der Waals surface area contributed by atoms with E-state index >= 15 is 0 Å². The first-order valence-electron chi connectivity index (χ1n) is 8.92. The molecular weight excluding hydrogens is 262 g/mol. The van der Waals surface area contributed by atoms with E-state index in [-0.39, 0.29) is 0 Å². The molecule has 2 nitrogen and oxygen atoms in total. The van der Waals surface area contributed by atoms with Crippen LogP contribution in [0.25, 0.3) is 0 Å². The van der Waals surface area contributed by atoms with E-state index in [0.717, 1.165) is 19.0 Å². The molecular formula is C17H38NOSi-. The standard InChI is InChI=1S/C17H38NOSi/c1-5-7-9-11-14-18(15-12-10-8-6-2)16-13-17-20(3,4)19/h5-17H2,1-4H3/q-1. The van der Waals surface area contributed by atoms with Crippen LogP contribution < -0.4 is 4.80 Å². The Kier molecular flexibility index (Phi) is 12.9. The van der Waals surface area contributed by atoms with Gasteiger partial charge in [0.05, 0.1) is 0 Å². The van der Waals surface area contributed by atoms with Crippen molar-refractivity contribution in [3.05, 3.63) is 0 Å². The van der Waals surface area contributed by atoms with Crippen molar-refractivity contribution in [3.63, 3.8) is 0 Å². The predicted molar refractivity (Wildman–Crippen MR) is 91.6 cm³/mol. The Hall–Kier alpha value is 0.137. The van der Waals surface area contributed by atoms with Crippen LogP contribution in [-0.4, -0.2) is 32.9 Å². The molecule has 0 aromatic heterocycles. The number of rotatable bonds is 14. The van der Waals surface area contributed by atoms with Crippen LogP contribution in [0.1, 0.15) is 71.6 Å². The van der Waals surface area contributed by atoms with Crippen molar-refractivity contribution in [2.45, 2.75) is 90.8 Å². The summed E-state index contributed by atoms with van der Waals surface area (Å²) in [6.45, 7) is 12.1. The molecule has 0 aromatic carbocycles. The van der Waals surface area contributed by atoms with Crippen LogP contribution in [0.3, 0.4) is 0 Å². The average molecular weight is 301 g/mol. The minimum absolute atomic E-state index is 0.938. The lowest BCUT2D eigenvalue weighted by molar-refractivity contribution is -0.205. The summed E-state index contributed by atoms with van der Waals surface area (Å²) in [5, 5.41) is 0. The normalized spacial score (nSPS) is 12.3. The van der Waals surface area contributed by atoms with Crippen molar-refractivity contribution in [2.24, 2.45) is 0 Å². The fourth-order valence-electron chi connectivity index (χ4n) is 2.59. The Morgan fingerprint density at radius 1 is 0.700 bits per heavy atom. The highest BCUT2D eigenvalue weighted by Gasteiger charge is 2.08. The SMILES string of the molecule is CCCCCCN(CCCCCC)CCC[Si](C)(C)[O-]. The number of hydrogen-bond acceptors (Lipinski definition) is 2. The van der Waals surface area contributed by atoms with Gasteiger partial charge in [-0.15, -0.1) is 0 Å². The van der Waals surface area contributed by atoms with E-state index in [9.17, 15) is 4.80 Å². The van der Waals surface area contributed by atoms with Crippen LogP contribution in [-0.2, 0) is 0 Å². The third-order valence-corrected chi connectivity index (χ3v) is 5.47. The quantitative estimate of drug-likeness (QED) is 0.351. The highest BCUT2D eigenvalue weighted by atomic mass is 28.4. The predicted octanol–water partition coefficient (Wildman–Crippen LogP) is 4.40. The molecule has 0 spiro atoms. The Labute approximate surface area is 129 Å². The van der Waals surface area contributed by atoms with Crippen molar-refractivity contribution >= 4 is 8.32 Å². The van der Waals surface area contributed by atoms with Gasteiger partial charge in [0.15, 0.2) is 0 Å². The van der Waals surface area contributed by atoms with Gasteiger partial charge in [-0.1, -0.05) is 79.8 Å². The Morgan fingerprint density at radius 3 is 1.55 bits per heavy atom. The fraction of sp³-hybridized carbons (Fsp3) is 1.00. The Bertz CT molecular complexity index is 192. The van der Waals surface area contributed by atoms with Gasteiger partial charge >= 0.3 is 0 Å². The maximum atomic E-state index is 11.8. The molecule has 0 radical (unpaired) electrons. The summed E-state index contributed by atoms with van der Waals surface area (Å²) >= 11 is 0. The van der Waals surface area contributed by atoms with E-state index < -0.39 is 8.32 Å². The average Bonchev–Trinajstić information content (AvgIpc) is 2.37. The van der Waals surface area contributed by atoms with Gasteiger partial charge in [0, 0.05) is 0 Å². The van der Waals surface area contributed by atoms with E-state index in [4.69, 9.17) is 0 Å². The first-order chi connectivity index (χ1) is 9.49. The highest BCUT2D eigenvalue weighted by Crippen LogP contribution is 2.09. The zero-order chi connectivity index (χ0) is 15.3. The molecule has 0 amide bonds. The van der Waals surface area contributed by atoms with Gasteiger partial charge in [-0.25, -0.2) is 0 Å². The molecule has 20 heavy (non-hydrogen) atoms. The van der Waals surface area contributed by atoms with Gasteiger partial charge in [0.25, 0.3) is 0 Å². The van der Waals surface area contributed by atoms with Crippen molar-refractivity contribution in [3.8, 4) is 0 Å².